The summed E-state index contributed by atoms with van der Waals surface area (Å²) in [6.45, 7) is 0.662. The van der Waals surface area contributed by atoms with Crippen LogP contribution >= 0.6 is 35.3 Å². The fraction of sp³-hybridized carbons (Fsp3) is 0.444. The molecule has 28 heavy (non-hydrogen) atoms. The number of rotatable bonds is 6. The van der Waals surface area contributed by atoms with E-state index in [1.165, 1.54) is 6.42 Å². The third-order valence-electron chi connectivity index (χ3n) is 4.24. The van der Waals surface area contributed by atoms with Gasteiger partial charge in [0.2, 0.25) is 0 Å². The van der Waals surface area contributed by atoms with Crippen molar-refractivity contribution < 1.29 is 17.9 Å². The van der Waals surface area contributed by atoms with Crippen LogP contribution in [0.3, 0.4) is 0 Å². The Kier molecular flexibility index (Phi) is 8.35. The molecule has 0 aliphatic heterocycles. The van der Waals surface area contributed by atoms with Crippen LogP contribution in [0.15, 0.2) is 34.6 Å². The molecule has 10 heteroatoms. The SMILES string of the molecule is CN=C(NCc1nc(C(F)(F)F)cs1)NCc1ccccc1OC1CCC1.I. The highest BCUT2D eigenvalue weighted by Gasteiger charge is 2.33. The largest absolute Gasteiger partial charge is 0.490 e. The molecule has 154 valence electrons. The number of alkyl halides is 3. The maximum atomic E-state index is 12.6. The second-order valence-electron chi connectivity index (χ2n) is 6.18. The van der Waals surface area contributed by atoms with Crippen molar-refractivity contribution in [2.75, 3.05) is 7.05 Å². The molecule has 2 N–H and O–H groups in total. The third-order valence-corrected chi connectivity index (χ3v) is 5.09. The zero-order valence-corrected chi connectivity index (χ0v) is 18.4. The lowest BCUT2D eigenvalue weighted by atomic mass is 9.96. The fourth-order valence-electron chi connectivity index (χ4n) is 2.51. The Morgan fingerprint density at radius 2 is 1.96 bits per heavy atom. The van der Waals surface area contributed by atoms with Crippen LogP contribution in [-0.2, 0) is 19.3 Å². The number of nitrogens with one attached hydrogen (secondary N) is 2. The van der Waals surface area contributed by atoms with Crippen molar-refractivity contribution in [2.24, 2.45) is 4.99 Å². The van der Waals surface area contributed by atoms with Gasteiger partial charge in [-0.05, 0) is 25.3 Å². The van der Waals surface area contributed by atoms with Crippen molar-refractivity contribution in [2.45, 2.75) is 44.6 Å². The summed E-state index contributed by atoms with van der Waals surface area (Å²) in [5.41, 5.74) is 0.135. The molecule has 5 nitrogen and oxygen atoms in total. The molecule has 0 atom stereocenters. The Hall–Kier alpha value is -1.56. The van der Waals surface area contributed by atoms with Crippen molar-refractivity contribution in [3.63, 3.8) is 0 Å². The number of hydrogen-bond acceptors (Lipinski definition) is 4. The first-order valence-electron chi connectivity index (χ1n) is 8.66. The molecule has 0 unspecified atom stereocenters. The topological polar surface area (TPSA) is 58.5 Å². The van der Waals surface area contributed by atoms with Crippen LogP contribution in [-0.4, -0.2) is 24.1 Å². The summed E-state index contributed by atoms with van der Waals surface area (Å²) in [7, 11) is 1.61. The Bertz CT molecular complexity index is 793. The van der Waals surface area contributed by atoms with E-state index in [2.05, 4.69) is 20.6 Å². The van der Waals surface area contributed by atoms with Crippen molar-refractivity contribution in [1.29, 1.82) is 0 Å². The van der Waals surface area contributed by atoms with Gasteiger partial charge in [-0.2, -0.15) is 13.2 Å². The second-order valence-corrected chi connectivity index (χ2v) is 7.12. The van der Waals surface area contributed by atoms with Gasteiger partial charge in [0, 0.05) is 24.5 Å². The van der Waals surface area contributed by atoms with E-state index < -0.39 is 11.9 Å². The highest BCUT2D eigenvalue weighted by Crippen LogP contribution is 2.30. The van der Waals surface area contributed by atoms with Gasteiger partial charge in [0.05, 0.1) is 12.6 Å². The van der Waals surface area contributed by atoms with E-state index in [9.17, 15) is 13.2 Å². The monoisotopic (exact) mass is 526 g/mol. The molecule has 1 heterocycles. The number of hydrogen-bond donors (Lipinski definition) is 2. The molecule has 1 aliphatic carbocycles. The number of halogens is 4. The smallest absolute Gasteiger partial charge is 0.434 e. The maximum absolute atomic E-state index is 12.6. The van der Waals surface area contributed by atoms with Gasteiger partial charge in [0.1, 0.15) is 10.8 Å². The lowest BCUT2D eigenvalue weighted by Crippen LogP contribution is -2.36. The average Bonchev–Trinajstić information content (AvgIpc) is 3.08. The summed E-state index contributed by atoms with van der Waals surface area (Å²) in [5.74, 6) is 1.33. The van der Waals surface area contributed by atoms with Gasteiger partial charge in [-0.1, -0.05) is 18.2 Å². The molecule has 1 fully saturated rings. The predicted molar refractivity (Wildman–Crippen MR) is 114 cm³/mol. The first-order chi connectivity index (χ1) is 13.0. The van der Waals surface area contributed by atoms with Crippen molar-refractivity contribution in [3.8, 4) is 5.75 Å². The highest BCUT2D eigenvalue weighted by atomic mass is 127. The standard InChI is InChI=1S/C18H21F3N4OS.HI/c1-22-17(24-10-16-25-15(11-27-16)18(19,20)21)23-9-12-5-2-3-8-14(12)26-13-6-4-7-13;/h2-3,5,8,11,13H,4,6-7,9-10H2,1H3,(H2,22,23,24);1H. The maximum Gasteiger partial charge on any atom is 0.434 e. The zero-order valence-electron chi connectivity index (χ0n) is 15.3. The van der Waals surface area contributed by atoms with E-state index in [0.29, 0.717) is 17.5 Å². The molecule has 0 spiro atoms. The highest BCUT2D eigenvalue weighted by molar-refractivity contribution is 14.0. The normalized spacial score (nSPS) is 14.8. The van der Waals surface area contributed by atoms with Crippen molar-refractivity contribution in [3.05, 3.63) is 45.9 Å². The quantitative estimate of drug-likeness (QED) is 0.329. The van der Waals surface area contributed by atoms with Crippen molar-refractivity contribution >= 4 is 41.3 Å². The molecule has 1 aromatic carbocycles. The molecule has 0 radical (unpaired) electrons. The number of thiazole rings is 1. The summed E-state index contributed by atoms with van der Waals surface area (Å²) in [5, 5.41) is 7.50. The molecule has 1 aromatic heterocycles. The summed E-state index contributed by atoms with van der Waals surface area (Å²) < 4.78 is 43.8. The number of aromatic nitrogens is 1. The number of benzene rings is 1. The Labute approximate surface area is 182 Å². The minimum absolute atomic E-state index is 0. The summed E-state index contributed by atoms with van der Waals surface area (Å²) in [4.78, 5) is 7.70. The minimum Gasteiger partial charge on any atom is -0.490 e. The third kappa shape index (κ3) is 6.23. The van der Waals surface area contributed by atoms with Crippen LogP contribution in [0.1, 0.15) is 35.5 Å². The Balaban J connectivity index is 0.00000280. The number of nitrogens with zero attached hydrogens (tertiary/aromatic N) is 2. The van der Waals surface area contributed by atoms with E-state index >= 15 is 0 Å². The first kappa shape index (κ1) is 22.7. The van der Waals surface area contributed by atoms with Gasteiger partial charge < -0.3 is 15.4 Å². The van der Waals surface area contributed by atoms with Crippen LogP contribution < -0.4 is 15.4 Å². The molecule has 0 saturated heterocycles. The number of aliphatic imine (C=N–C) groups is 1. The van der Waals surface area contributed by atoms with E-state index in [1.807, 2.05) is 24.3 Å². The van der Waals surface area contributed by atoms with Crippen LogP contribution in [0.2, 0.25) is 0 Å². The summed E-state index contributed by atoms with van der Waals surface area (Å²) in [6.07, 6.45) is -0.763. The summed E-state index contributed by atoms with van der Waals surface area (Å²) >= 11 is 0.965. The van der Waals surface area contributed by atoms with E-state index in [4.69, 9.17) is 4.74 Å². The molecular weight excluding hydrogens is 504 g/mol. The molecule has 0 amide bonds. The van der Waals surface area contributed by atoms with Gasteiger partial charge in [0.15, 0.2) is 11.7 Å². The van der Waals surface area contributed by atoms with Gasteiger partial charge in [-0.3, -0.25) is 4.99 Å². The Morgan fingerprint density at radius 1 is 1.25 bits per heavy atom. The minimum atomic E-state index is -4.42. The lowest BCUT2D eigenvalue weighted by Gasteiger charge is -2.27. The van der Waals surface area contributed by atoms with Gasteiger partial charge >= 0.3 is 6.18 Å². The number of guanidine groups is 1. The van der Waals surface area contributed by atoms with E-state index in [1.54, 1.807) is 7.05 Å². The summed E-state index contributed by atoms with van der Waals surface area (Å²) in [6, 6.07) is 7.80. The van der Waals surface area contributed by atoms with Crippen LogP contribution in [0.25, 0.3) is 0 Å². The van der Waals surface area contributed by atoms with Crippen LogP contribution in [0.5, 0.6) is 5.75 Å². The molecule has 2 aromatic rings. The second kappa shape index (κ2) is 10.3. The van der Waals surface area contributed by atoms with Gasteiger partial charge in [0.25, 0.3) is 0 Å². The van der Waals surface area contributed by atoms with Crippen molar-refractivity contribution in [1.82, 2.24) is 15.6 Å². The van der Waals surface area contributed by atoms with Gasteiger partial charge in [-0.15, -0.1) is 35.3 Å². The predicted octanol–water partition coefficient (Wildman–Crippen LogP) is 4.58. The van der Waals surface area contributed by atoms with Crippen LogP contribution in [0.4, 0.5) is 13.2 Å². The van der Waals surface area contributed by atoms with Crippen LogP contribution in [0, 0.1) is 0 Å². The zero-order chi connectivity index (χ0) is 19.3. The number of ether oxygens (including phenoxy) is 1. The first-order valence-corrected chi connectivity index (χ1v) is 9.54. The molecule has 1 aliphatic rings. The fourth-order valence-corrected chi connectivity index (χ4v) is 3.25. The number of para-hydroxylation sites is 1. The average molecular weight is 526 g/mol. The molecule has 0 bridgehead atoms. The molecule has 1 saturated carbocycles. The Morgan fingerprint density at radius 3 is 2.57 bits per heavy atom. The molecular formula is C18H22F3IN4OS. The molecule has 3 rings (SSSR count). The van der Waals surface area contributed by atoms with E-state index in [0.717, 1.165) is 40.9 Å². The van der Waals surface area contributed by atoms with E-state index in [-0.39, 0.29) is 36.6 Å². The van der Waals surface area contributed by atoms with Gasteiger partial charge in [-0.25, -0.2) is 4.98 Å². The lowest BCUT2D eigenvalue weighted by molar-refractivity contribution is -0.140.